The van der Waals surface area contributed by atoms with Crippen LogP contribution in [0.3, 0.4) is 0 Å². The zero-order valence-corrected chi connectivity index (χ0v) is 15.9. The molecule has 11 heteroatoms. The fourth-order valence-electron chi connectivity index (χ4n) is 2.02. The highest BCUT2D eigenvalue weighted by atomic mass is 35.5. The Balaban J connectivity index is 1.78. The lowest BCUT2D eigenvalue weighted by atomic mass is 10.3. The van der Waals surface area contributed by atoms with Crippen LogP contribution in [-0.4, -0.2) is 26.8 Å². The van der Waals surface area contributed by atoms with E-state index < -0.39 is 20.0 Å². The summed E-state index contributed by atoms with van der Waals surface area (Å²) >= 11 is 5.74. The highest BCUT2D eigenvalue weighted by molar-refractivity contribution is 7.94. The van der Waals surface area contributed by atoms with Crippen LogP contribution in [0.2, 0.25) is 5.02 Å². The number of aromatic nitrogens is 2. The zero-order valence-electron chi connectivity index (χ0n) is 13.5. The van der Waals surface area contributed by atoms with E-state index in [1.165, 1.54) is 60.9 Å². The third kappa shape index (κ3) is 4.73. The van der Waals surface area contributed by atoms with Gasteiger partial charge in [-0.15, -0.1) is 5.69 Å². The van der Waals surface area contributed by atoms with Crippen molar-refractivity contribution in [1.29, 1.82) is 0 Å². The first-order valence-corrected chi connectivity index (χ1v) is 10.7. The van der Waals surface area contributed by atoms with E-state index in [9.17, 15) is 16.8 Å². The van der Waals surface area contributed by atoms with E-state index in [-0.39, 0.29) is 21.4 Å². The standard InChI is InChI=1S/C16H12ClN4O4S2/c17-12-2-6-14(7-3-12)26(22,23)20-13-4-8-15(9-5-13)27(24,25)21-16-18-10-1-11-19-16/h1-11H,(H,18,19,21)/q-1. The Morgan fingerprint density at radius 1 is 0.815 bits per heavy atom. The molecule has 2 aromatic carbocycles. The van der Waals surface area contributed by atoms with E-state index in [0.717, 1.165) is 0 Å². The molecule has 0 aliphatic heterocycles. The molecule has 0 aliphatic rings. The average Bonchev–Trinajstić information content (AvgIpc) is 2.63. The van der Waals surface area contributed by atoms with Gasteiger partial charge in [-0.25, -0.2) is 31.5 Å². The van der Waals surface area contributed by atoms with Crippen molar-refractivity contribution < 1.29 is 16.8 Å². The Bertz CT molecular complexity index is 1140. The maximum atomic E-state index is 12.3. The minimum absolute atomic E-state index is 0.0218. The molecule has 0 amide bonds. The Labute approximate surface area is 161 Å². The summed E-state index contributed by atoms with van der Waals surface area (Å²) in [5, 5.41) is 0.401. The fourth-order valence-corrected chi connectivity index (χ4v) is 4.08. The predicted octanol–water partition coefficient (Wildman–Crippen LogP) is 3.32. The molecule has 0 aliphatic carbocycles. The van der Waals surface area contributed by atoms with Gasteiger partial charge in [-0.05, 0) is 42.5 Å². The van der Waals surface area contributed by atoms with E-state index >= 15 is 0 Å². The van der Waals surface area contributed by atoms with Gasteiger partial charge < -0.3 is 4.72 Å². The van der Waals surface area contributed by atoms with E-state index in [0.29, 0.717) is 5.02 Å². The quantitative estimate of drug-likeness (QED) is 0.649. The van der Waals surface area contributed by atoms with Crippen LogP contribution < -0.4 is 4.72 Å². The van der Waals surface area contributed by atoms with Gasteiger partial charge >= 0.3 is 0 Å². The topological polar surface area (TPSA) is 120 Å². The molecule has 0 unspecified atom stereocenters. The van der Waals surface area contributed by atoms with Crippen LogP contribution in [-0.2, 0) is 20.0 Å². The van der Waals surface area contributed by atoms with Crippen molar-refractivity contribution in [2.45, 2.75) is 9.79 Å². The predicted molar refractivity (Wildman–Crippen MR) is 101 cm³/mol. The van der Waals surface area contributed by atoms with Gasteiger partial charge in [0.25, 0.3) is 10.0 Å². The molecule has 0 atom stereocenters. The first-order chi connectivity index (χ1) is 12.8. The van der Waals surface area contributed by atoms with Crippen molar-refractivity contribution in [2.75, 3.05) is 4.72 Å². The molecule has 0 saturated carbocycles. The largest absolute Gasteiger partial charge is 0.573 e. The van der Waals surface area contributed by atoms with E-state index in [1.807, 2.05) is 0 Å². The third-order valence-electron chi connectivity index (χ3n) is 3.28. The number of anilines is 1. The molecule has 1 aromatic heterocycles. The number of nitrogens with one attached hydrogen (secondary N) is 1. The number of halogens is 1. The van der Waals surface area contributed by atoms with Crippen LogP contribution in [0.4, 0.5) is 11.6 Å². The third-order valence-corrected chi connectivity index (χ3v) is 6.19. The summed E-state index contributed by atoms with van der Waals surface area (Å²) in [6.45, 7) is 0. The number of benzene rings is 2. The number of hydrogen-bond acceptors (Lipinski definition) is 6. The maximum Gasteiger partial charge on any atom is 0.264 e. The van der Waals surface area contributed by atoms with Gasteiger partial charge in [0.2, 0.25) is 5.95 Å². The van der Waals surface area contributed by atoms with Crippen LogP contribution in [0.5, 0.6) is 0 Å². The lowest BCUT2D eigenvalue weighted by molar-refractivity contribution is 0.600. The first-order valence-electron chi connectivity index (χ1n) is 7.40. The molecule has 3 aromatic rings. The summed E-state index contributed by atoms with van der Waals surface area (Å²) in [6.07, 6.45) is 2.79. The van der Waals surface area contributed by atoms with Crippen LogP contribution >= 0.6 is 11.6 Å². The van der Waals surface area contributed by atoms with Crippen molar-refractivity contribution in [2.24, 2.45) is 0 Å². The molecule has 8 nitrogen and oxygen atoms in total. The van der Waals surface area contributed by atoms with Crippen LogP contribution in [0, 0.1) is 0 Å². The number of hydrogen-bond donors (Lipinski definition) is 1. The summed E-state index contributed by atoms with van der Waals surface area (Å²) in [7, 11) is -7.86. The Morgan fingerprint density at radius 3 is 1.96 bits per heavy atom. The van der Waals surface area contributed by atoms with Crippen LogP contribution in [0.1, 0.15) is 0 Å². The Kier molecular flexibility index (Phi) is 5.31. The van der Waals surface area contributed by atoms with Gasteiger partial charge in [0.05, 0.1) is 9.79 Å². The molecule has 27 heavy (non-hydrogen) atoms. The van der Waals surface area contributed by atoms with Gasteiger partial charge in [0.15, 0.2) is 0 Å². The normalized spacial score (nSPS) is 11.7. The van der Waals surface area contributed by atoms with Gasteiger partial charge in [-0.3, -0.25) is 0 Å². The molecule has 3 rings (SSSR count). The number of sulfonamides is 2. The summed E-state index contributed by atoms with van der Waals surface area (Å²) in [4.78, 5) is 7.47. The van der Waals surface area contributed by atoms with Crippen molar-refractivity contribution in [3.63, 3.8) is 0 Å². The lowest BCUT2D eigenvalue weighted by Crippen LogP contribution is -2.14. The summed E-state index contributed by atoms with van der Waals surface area (Å²) in [5.41, 5.74) is 0.0832. The molecule has 140 valence electrons. The second-order valence-corrected chi connectivity index (χ2v) is 8.92. The van der Waals surface area contributed by atoms with Crippen LogP contribution in [0.25, 0.3) is 4.72 Å². The molecule has 0 radical (unpaired) electrons. The maximum absolute atomic E-state index is 12.3. The molecular weight excluding hydrogens is 412 g/mol. The molecule has 1 heterocycles. The van der Waals surface area contributed by atoms with Gasteiger partial charge in [-0.1, -0.05) is 23.7 Å². The highest BCUT2D eigenvalue weighted by Gasteiger charge is 2.15. The molecule has 0 saturated heterocycles. The molecular formula is C16H12ClN4O4S2-. The minimum Gasteiger partial charge on any atom is -0.573 e. The molecule has 0 spiro atoms. The first kappa shape index (κ1) is 19.1. The van der Waals surface area contributed by atoms with Gasteiger partial charge in [0, 0.05) is 17.4 Å². The lowest BCUT2D eigenvalue weighted by Gasteiger charge is -2.22. The van der Waals surface area contributed by atoms with E-state index in [2.05, 4.69) is 19.4 Å². The molecule has 1 N–H and O–H groups in total. The van der Waals surface area contributed by atoms with Crippen molar-refractivity contribution in [1.82, 2.24) is 9.97 Å². The highest BCUT2D eigenvalue weighted by Crippen LogP contribution is 2.29. The van der Waals surface area contributed by atoms with Gasteiger partial charge in [-0.2, -0.15) is 0 Å². The van der Waals surface area contributed by atoms with Crippen molar-refractivity contribution in [3.05, 3.63) is 76.7 Å². The minimum atomic E-state index is -3.95. The second kappa shape index (κ2) is 7.51. The summed E-state index contributed by atoms with van der Waals surface area (Å²) in [5.74, 6) is -0.0726. The fraction of sp³-hybridized carbons (Fsp3) is 0. The summed E-state index contributed by atoms with van der Waals surface area (Å²) < 4.78 is 55.1. The number of rotatable bonds is 6. The van der Waals surface area contributed by atoms with E-state index in [4.69, 9.17) is 11.6 Å². The molecule has 0 fully saturated rings. The smallest absolute Gasteiger partial charge is 0.264 e. The zero-order chi connectivity index (χ0) is 19.5. The SMILES string of the molecule is O=S(=O)([N-]c1ccc(S(=O)(=O)Nc2ncccn2)cc1)c1ccc(Cl)cc1. The second-order valence-electron chi connectivity index (χ2n) is 5.19. The number of nitrogens with zero attached hydrogens (tertiary/aromatic N) is 3. The average molecular weight is 424 g/mol. The Morgan fingerprint density at radius 2 is 1.37 bits per heavy atom. The molecule has 0 bridgehead atoms. The monoisotopic (exact) mass is 423 g/mol. The van der Waals surface area contributed by atoms with Crippen molar-refractivity contribution in [3.8, 4) is 0 Å². The Hall–Kier alpha value is -2.69. The van der Waals surface area contributed by atoms with Crippen LogP contribution in [0.15, 0.2) is 76.8 Å². The van der Waals surface area contributed by atoms with Gasteiger partial charge in [0.1, 0.15) is 10.0 Å². The van der Waals surface area contributed by atoms with E-state index in [1.54, 1.807) is 6.07 Å². The summed E-state index contributed by atoms with van der Waals surface area (Å²) in [6, 6.07) is 12.2. The van der Waals surface area contributed by atoms with Crippen molar-refractivity contribution >= 4 is 43.3 Å².